The smallest absolute Gasteiger partial charge is 0.340 e. The zero-order valence-electron chi connectivity index (χ0n) is 10.5. The van der Waals surface area contributed by atoms with Gasteiger partial charge in [-0.1, -0.05) is 0 Å². The molecule has 1 aromatic carbocycles. The normalized spacial score (nSPS) is 10.7. The Morgan fingerprint density at radius 1 is 1.44 bits per heavy atom. The number of hydrogen-bond donors (Lipinski definition) is 1. The Morgan fingerprint density at radius 3 is 2.78 bits per heavy atom. The summed E-state index contributed by atoms with van der Waals surface area (Å²) in [6.07, 6.45) is 0. The third kappa shape index (κ3) is 2.10. The van der Waals surface area contributed by atoms with Gasteiger partial charge in [0.05, 0.1) is 29.3 Å². The topological polar surface area (TPSA) is 51.3 Å². The second-order valence-electron chi connectivity index (χ2n) is 3.88. The third-order valence-electron chi connectivity index (χ3n) is 2.74. The fourth-order valence-electron chi connectivity index (χ4n) is 1.95. The monoisotopic (exact) mass is 311 g/mol. The van der Waals surface area contributed by atoms with Gasteiger partial charge in [0.2, 0.25) is 0 Å². The fourth-order valence-corrected chi connectivity index (χ4v) is 2.46. The van der Waals surface area contributed by atoms with Crippen molar-refractivity contribution >= 4 is 32.8 Å². The highest BCUT2D eigenvalue weighted by Gasteiger charge is 2.18. The van der Waals surface area contributed by atoms with Crippen LogP contribution in [0.1, 0.15) is 23.0 Å². The van der Waals surface area contributed by atoms with Crippen molar-refractivity contribution in [3.05, 3.63) is 27.9 Å². The maximum atomic E-state index is 11.9. The number of esters is 1. The van der Waals surface area contributed by atoms with Crippen molar-refractivity contribution in [3.8, 4) is 5.75 Å². The number of methoxy groups -OCH3 is 1. The van der Waals surface area contributed by atoms with E-state index in [9.17, 15) is 4.79 Å². The number of fused-ring (bicyclic) bond motifs is 1. The molecule has 0 saturated heterocycles. The van der Waals surface area contributed by atoms with Gasteiger partial charge in [-0.25, -0.2) is 4.79 Å². The highest BCUT2D eigenvalue weighted by atomic mass is 79.9. The van der Waals surface area contributed by atoms with Gasteiger partial charge in [0.1, 0.15) is 5.75 Å². The first-order valence-electron chi connectivity index (χ1n) is 5.61. The molecular formula is C13H14BrNO3. The lowest BCUT2D eigenvalue weighted by molar-refractivity contribution is 0.0528. The molecule has 4 nitrogen and oxygen atoms in total. The highest BCUT2D eigenvalue weighted by Crippen LogP contribution is 2.33. The molecule has 0 radical (unpaired) electrons. The molecule has 0 fully saturated rings. The predicted octanol–water partition coefficient (Wildman–Crippen LogP) is 3.42. The van der Waals surface area contributed by atoms with E-state index in [1.807, 2.05) is 19.1 Å². The van der Waals surface area contributed by atoms with Crippen LogP contribution in [-0.2, 0) is 4.74 Å². The van der Waals surface area contributed by atoms with E-state index in [0.29, 0.717) is 12.2 Å². The third-order valence-corrected chi connectivity index (χ3v) is 3.36. The molecule has 0 aliphatic heterocycles. The summed E-state index contributed by atoms with van der Waals surface area (Å²) in [6.45, 7) is 4.01. The van der Waals surface area contributed by atoms with Crippen LogP contribution >= 0.6 is 15.9 Å². The molecule has 1 N–H and O–H groups in total. The van der Waals surface area contributed by atoms with E-state index in [1.165, 1.54) is 0 Å². The Hall–Kier alpha value is -1.49. The van der Waals surface area contributed by atoms with E-state index in [4.69, 9.17) is 9.47 Å². The average Bonchev–Trinajstić information content (AvgIpc) is 2.63. The van der Waals surface area contributed by atoms with Crippen molar-refractivity contribution in [3.63, 3.8) is 0 Å². The van der Waals surface area contributed by atoms with Gasteiger partial charge in [-0.05, 0) is 35.8 Å². The second-order valence-corrected chi connectivity index (χ2v) is 4.73. The number of aromatic amines is 1. The van der Waals surface area contributed by atoms with Crippen molar-refractivity contribution in [1.82, 2.24) is 4.98 Å². The fraction of sp³-hybridized carbons (Fsp3) is 0.308. The summed E-state index contributed by atoms with van der Waals surface area (Å²) in [5, 5.41) is 0.832. The lowest BCUT2D eigenvalue weighted by atomic mass is 10.1. The van der Waals surface area contributed by atoms with Gasteiger partial charge in [0, 0.05) is 17.1 Å². The molecule has 1 heterocycles. The maximum absolute atomic E-state index is 11.9. The Morgan fingerprint density at radius 2 is 2.17 bits per heavy atom. The van der Waals surface area contributed by atoms with Crippen LogP contribution in [0.3, 0.4) is 0 Å². The minimum absolute atomic E-state index is 0.307. The number of aromatic nitrogens is 1. The first-order valence-corrected chi connectivity index (χ1v) is 6.40. The Balaban J connectivity index is 2.64. The van der Waals surface area contributed by atoms with Crippen molar-refractivity contribution in [1.29, 1.82) is 0 Å². The first kappa shape index (κ1) is 13.0. The number of nitrogens with one attached hydrogen (secondary N) is 1. The zero-order valence-corrected chi connectivity index (χ0v) is 12.1. The molecule has 0 unspecified atom stereocenters. The molecule has 0 amide bonds. The molecule has 0 spiro atoms. The predicted molar refractivity (Wildman–Crippen MR) is 73.2 cm³/mol. The standard InChI is InChI=1S/C13H14BrNO3/c1-4-18-13(16)12-7(2)15-10-6-11(17-3)9(14)5-8(10)12/h5-6,15H,4H2,1-3H3. The van der Waals surface area contributed by atoms with Crippen LogP contribution in [0.4, 0.5) is 0 Å². The van der Waals surface area contributed by atoms with Crippen LogP contribution in [0, 0.1) is 6.92 Å². The van der Waals surface area contributed by atoms with Crippen LogP contribution in [0.2, 0.25) is 0 Å². The molecule has 0 aliphatic rings. The Kier molecular flexibility index (Phi) is 3.61. The molecule has 2 aromatic rings. The summed E-state index contributed by atoms with van der Waals surface area (Å²) in [5.41, 5.74) is 2.23. The summed E-state index contributed by atoms with van der Waals surface area (Å²) in [5.74, 6) is 0.414. The van der Waals surface area contributed by atoms with Crippen molar-refractivity contribution in [2.75, 3.05) is 13.7 Å². The zero-order chi connectivity index (χ0) is 13.3. The molecule has 0 bridgehead atoms. The molecule has 2 rings (SSSR count). The number of rotatable bonds is 3. The van der Waals surface area contributed by atoms with E-state index in [0.717, 1.165) is 26.8 Å². The summed E-state index contributed by atoms with van der Waals surface area (Å²) in [7, 11) is 1.61. The van der Waals surface area contributed by atoms with E-state index in [1.54, 1.807) is 14.0 Å². The first-order chi connectivity index (χ1) is 8.58. The lowest BCUT2D eigenvalue weighted by Gasteiger charge is -2.04. The average molecular weight is 312 g/mol. The summed E-state index contributed by atoms with van der Waals surface area (Å²) in [4.78, 5) is 15.1. The van der Waals surface area contributed by atoms with Gasteiger partial charge in [-0.3, -0.25) is 0 Å². The van der Waals surface area contributed by atoms with Crippen molar-refractivity contribution in [2.45, 2.75) is 13.8 Å². The number of ether oxygens (including phenoxy) is 2. The van der Waals surface area contributed by atoms with Crippen LogP contribution in [0.25, 0.3) is 10.9 Å². The molecule has 1 aromatic heterocycles. The van der Waals surface area contributed by atoms with E-state index >= 15 is 0 Å². The number of halogens is 1. The number of carbonyl (C=O) groups excluding carboxylic acids is 1. The van der Waals surface area contributed by atoms with Gasteiger partial charge in [0.15, 0.2) is 0 Å². The molecule has 5 heteroatoms. The minimum Gasteiger partial charge on any atom is -0.495 e. The van der Waals surface area contributed by atoms with Gasteiger partial charge in [0.25, 0.3) is 0 Å². The summed E-state index contributed by atoms with van der Waals surface area (Å²) in [6, 6.07) is 3.72. The number of H-pyrrole nitrogens is 1. The molecule has 0 atom stereocenters. The second kappa shape index (κ2) is 5.02. The Bertz CT molecular complexity index is 604. The minimum atomic E-state index is -0.307. The molecule has 0 aliphatic carbocycles. The van der Waals surface area contributed by atoms with Crippen molar-refractivity contribution in [2.24, 2.45) is 0 Å². The maximum Gasteiger partial charge on any atom is 0.340 e. The number of carbonyl (C=O) groups is 1. The quantitative estimate of drug-likeness (QED) is 0.884. The molecule has 96 valence electrons. The van der Waals surface area contributed by atoms with Crippen molar-refractivity contribution < 1.29 is 14.3 Å². The molecular weight excluding hydrogens is 298 g/mol. The Labute approximate surface area is 113 Å². The largest absolute Gasteiger partial charge is 0.495 e. The number of aryl methyl sites for hydroxylation is 1. The summed E-state index contributed by atoms with van der Waals surface area (Å²) >= 11 is 3.42. The molecule has 0 saturated carbocycles. The van der Waals surface area contributed by atoms with Gasteiger partial charge < -0.3 is 14.5 Å². The van der Waals surface area contributed by atoms with Gasteiger partial charge >= 0.3 is 5.97 Å². The number of hydrogen-bond acceptors (Lipinski definition) is 3. The van der Waals surface area contributed by atoms with E-state index in [2.05, 4.69) is 20.9 Å². The lowest BCUT2D eigenvalue weighted by Crippen LogP contribution is -2.05. The van der Waals surface area contributed by atoms with Crippen LogP contribution in [0.15, 0.2) is 16.6 Å². The van der Waals surface area contributed by atoms with Crippen LogP contribution < -0.4 is 4.74 Å². The number of benzene rings is 1. The SMILES string of the molecule is CCOC(=O)c1c(C)[nH]c2cc(OC)c(Br)cc12. The van der Waals surface area contributed by atoms with Gasteiger partial charge in [-0.15, -0.1) is 0 Å². The van der Waals surface area contributed by atoms with Crippen LogP contribution in [0.5, 0.6) is 5.75 Å². The summed E-state index contributed by atoms with van der Waals surface area (Å²) < 4.78 is 11.1. The van der Waals surface area contributed by atoms with Gasteiger partial charge in [-0.2, -0.15) is 0 Å². The van der Waals surface area contributed by atoms with Crippen LogP contribution in [-0.4, -0.2) is 24.7 Å². The van der Waals surface area contributed by atoms with E-state index < -0.39 is 0 Å². The highest BCUT2D eigenvalue weighted by molar-refractivity contribution is 9.10. The van der Waals surface area contributed by atoms with E-state index in [-0.39, 0.29) is 5.97 Å². The molecule has 18 heavy (non-hydrogen) atoms.